The summed E-state index contributed by atoms with van der Waals surface area (Å²) in [4.78, 5) is 17.4. The van der Waals surface area contributed by atoms with Crippen molar-refractivity contribution in [2.45, 2.75) is 6.54 Å². The zero-order valence-electron chi connectivity index (χ0n) is 13.5. The van der Waals surface area contributed by atoms with Crippen molar-refractivity contribution in [1.82, 2.24) is 4.90 Å². The smallest absolute Gasteiger partial charge is 0.471 e. The molecule has 1 amide bonds. The minimum Gasteiger partial charge on any atom is -0.475 e. The lowest BCUT2D eigenvalue weighted by atomic mass is 10.0. The normalized spacial score (nSPS) is 11.2. The Bertz CT molecular complexity index is 795. The molecule has 0 aliphatic rings. The van der Waals surface area contributed by atoms with Crippen LogP contribution in [-0.2, 0) is 11.3 Å². The molecule has 2 rings (SSSR count). The summed E-state index contributed by atoms with van der Waals surface area (Å²) in [6, 6.07) is 16.1. The molecule has 0 saturated carbocycles. The van der Waals surface area contributed by atoms with Gasteiger partial charge in [0.25, 0.3) is 5.91 Å². The molecule has 24 heavy (non-hydrogen) atoms. The van der Waals surface area contributed by atoms with Gasteiger partial charge in [-0.1, -0.05) is 42.5 Å². The molecule has 0 saturated heterocycles. The third kappa shape index (κ3) is 3.70. The molecule has 0 aliphatic heterocycles. The second-order valence-corrected chi connectivity index (χ2v) is 5.15. The standard InChI is InChI=1S/C18H17N3O3/c1-21(12-13-8-4-3-5-9-13)17(22)15-11-7-6-10-14(15)16(20-19)18(23)24-2/h3-11H,12H2,1-2H3/p+1. The van der Waals surface area contributed by atoms with Crippen molar-refractivity contribution in [3.63, 3.8) is 0 Å². The van der Waals surface area contributed by atoms with E-state index >= 15 is 0 Å². The summed E-state index contributed by atoms with van der Waals surface area (Å²) < 4.78 is 4.71. The fourth-order valence-electron chi connectivity index (χ4n) is 2.32. The van der Waals surface area contributed by atoms with Crippen LogP contribution in [0.4, 0.5) is 0 Å². The number of rotatable bonds is 5. The second-order valence-electron chi connectivity index (χ2n) is 5.15. The lowest BCUT2D eigenvalue weighted by molar-refractivity contribution is 0.0785. The van der Waals surface area contributed by atoms with Gasteiger partial charge in [0.05, 0.1) is 18.2 Å². The summed E-state index contributed by atoms with van der Waals surface area (Å²) in [5.74, 6) is -0.831. The van der Waals surface area contributed by atoms with E-state index in [1.54, 1.807) is 36.2 Å². The molecule has 0 spiro atoms. The summed E-state index contributed by atoms with van der Waals surface area (Å²) >= 11 is 0. The van der Waals surface area contributed by atoms with Crippen LogP contribution in [0.2, 0.25) is 0 Å². The quantitative estimate of drug-likeness (QED) is 0.673. The van der Waals surface area contributed by atoms with Gasteiger partial charge >= 0.3 is 11.6 Å². The average Bonchev–Trinajstić information content (AvgIpc) is 2.62. The molecular weight excluding hydrogens is 306 g/mol. The largest absolute Gasteiger partial charge is 0.475 e. The number of aliphatic hydroxyl groups is 1. The molecule has 0 bridgehead atoms. The second kappa shape index (κ2) is 7.79. The summed E-state index contributed by atoms with van der Waals surface area (Å²) in [7, 11) is 2.92. The van der Waals surface area contributed by atoms with E-state index in [9.17, 15) is 9.90 Å². The number of aliphatic hydroxyl groups excluding tert-OH is 1. The highest BCUT2D eigenvalue weighted by Gasteiger charge is 2.29. The topological polar surface area (TPSA) is 77.9 Å². The molecular formula is C18H18N3O3+. The highest BCUT2D eigenvalue weighted by molar-refractivity contribution is 5.99. The van der Waals surface area contributed by atoms with Gasteiger partial charge in [0.15, 0.2) is 4.98 Å². The van der Waals surface area contributed by atoms with E-state index in [0.29, 0.717) is 12.1 Å². The van der Waals surface area contributed by atoms with E-state index in [1.165, 1.54) is 7.11 Å². The summed E-state index contributed by atoms with van der Waals surface area (Å²) in [6.07, 6.45) is 0. The van der Waals surface area contributed by atoms with E-state index in [-0.39, 0.29) is 17.2 Å². The zero-order valence-corrected chi connectivity index (χ0v) is 13.5. The zero-order chi connectivity index (χ0) is 17.5. The number of carbonyl (C=O) groups excluding carboxylic acids is 1. The van der Waals surface area contributed by atoms with Crippen LogP contribution < -0.4 is 0 Å². The number of ether oxygens (including phenoxy) is 1. The Balaban J connectivity index is 2.35. The van der Waals surface area contributed by atoms with Crippen LogP contribution in [0.5, 0.6) is 0 Å². The molecule has 0 unspecified atom stereocenters. The predicted octanol–water partition coefficient (Wildman–Crippen LogP) is 3.64. The molecule has 6 nitrogen and oxygen atoms in total. The first-order valence-electron chi connectivity index (χ1n) is 7.29. The van der Waals surface area contributed by atoms with Crippen molar-refractivity contribution in [1.29, 1.82) is 5.39 Å². The number of amides is 1. The molecule has 0 aliphatic carbocycles. The molecule has 2 aromatic rings. The van der Waals surface area contributed by atoms with Gasteiger partial charge < -0.3 is 14.7 Å². The maximum Gasteiger partial charge on any atom is 0.471 e. The maximum absolute atomic E-state index is 12.8. The van der Waals surface area contributed by atoms with Gasteiger partial charge in [0.1, 0.15) is 0 Å². The third-order valence-electron chi connectivity index (χ3n) is 3.52. The first kappa shape index (κ1) is 17.0. The minimum atomic E-state index is -0.566. The van der Waals surface area contributed by atoms with E-state index in [2.05, 4.69) is 4.98 Å². The average molecular weight is 324 g/mol. The predicted molar refractivity (Wildman–Crippen MR) is 90.3 cm³/mol. The molecule has 0 atom stereocenters. The van der Waals surface area contributed by atoms with Crippen LogP contribution in [0.15, 0.2) is 60.5 Å². The van der Waals surface area contributed by atoms with Crippen molar-refractivity contribution in [3.8, 4) is 0 Å². The van der Waals surface area contributed by atoms with Gasteiger partial charge in [-0.25, -0.2) is 0 Å². The fraction of sp³-hybridized carbons (Fsp3) is 0.167. The van der Waals surface area contributed by atoms with Gasteiger partial charge in [0, 0.05) is 13.6 Å². The maximum atomic E-state index is 12.8. The summed E-state index contributed by atoms with van der Waals surface area (Å²) in [6.45, 7) is 0.430. The van der Waals surface area contributed by atoms with Gasteiger partial charge in [-0.05, 0) is 17.7 Å². The lowest BCUT2D eigenvalue weighted by Crippen LogP contribution is -2.27. The number of diazo groups is 1. The van der Waals surface area contributed by atoms with Crippen LogP contribution in [0, 0.1) is 5.39 Å². The number of carbonyl (C=O) groups is 1. The highest BCUT2D eigenvalue weighted by Crippen LogP contribution is 2.24. The number of hydrogen-bond donors (Lipinski definition) is 1. The SMILES string of the molecule is CO/C(O)=C(/[N+]#N)c1ccccc1C(=O)N(C)Cc1ccccc1. The Morgan fingerprint density at radius 2 is 1.71 bits per heavy atom. The highest BCUT2D eigenvalue weighted by atomic mass is 16.6. The molecule has 2 aromatic carbocycles. The van der Waals surface area contributed by atoms with E-state index in [0.717, 1.165) is 5.56 Å². The summed E-state index contributed by atoms with van der Waals surface area (Å²) in [5, 5.41) is 18.9. The van der Waals surface area contributed by atoms with Gasteiger partial charge in [-0.15, -0.1) is 0 Å². The van der Waals surface area contributed by atoms with Crippen LogP contribution >= 0.6 is 0 Å². The fourth-order valence-corrected chi connectivity index (χ4v) is 2.32. The van der Waals surface area contributed by atoms with Crippen molar-refractivity contribution < 1.29 is 14.6 Å². The van der Waals surface area contributed by atoms with E-state index < -0.39 is 5.95 Å². The lowest BCUT2D eigenvalue weighted by Gasteiger charge is -2.18. The van der Waals surface area contributed by atoms with Gasteiger partial charge in [0.2, 0.25) is 5.39 Å². The Morgan fingerprint density at radius 3 is 2.29 bits per heavy atom. The van der Waals surface area contributed by atoms with Crippen molar-refractivity contribution >= 4 is 11.6 Å². The molecule has 6 heteroatoms. The first-order chi connectivity index (χ1) is 11.6. The number of nitrogens with zero attached hydrogens (tertiary/aromatic N) is 3. The van der Waals surface area contributed by atoms with Crippen LogP contribution in [-0.4, -0.2) is 30.1 Å². The minimum absolute atomic E-state index is 0.199. The van der Waals surface area contributed by atoms with Gasteiger partial charge in [-0.2, -0.15) is 0 Å². The Morgan fingerprint density at radius 1 is 1.12 bits per heavy atom. The Hall–Kier alpha value is -3.33. The molecule has 1 N–H and O–H groups in total. The number of methoxy groups -OCH3 is 1. The third-order valence-corrected chi connectivity index (χ3v) is 3.52. The molecule has 0 radical (unpaired) electrons. The number of benzene rings is 2. The van der Waals surface area contributed by atoms with E-state index in [1.807, 2.05) is 30.3 Å². The molecule has 0 aromatic heterocycles. The van der Waals surface area contributed by atoms with Crippen LogP contribution in [0.25, 0.3) is 10.7 Å². The van der Waals surface area contributed by atoms with Gasteiger partial charge in [-0.3, -0.25) is 4.79 Å². The number of hydrogen-bond acceptors (Lipinski definition) is 4. The van der Waals surface area contributed by atoms with Crippen LogP contribution in [0.3, 0.4) is 0 Å². The molecule has 0 heterocycles. The Labute approximate surface area is 140 Å². The summed E-state index contributed by atoms with van der Waals surface area (Å²) in [5.41, 5.74) is 1.37. The van der Waals surface area contributed by atoms with Crippen LogP contribution in [0.1, 0.15) is 21.5 Å². The monoisotopic (exact) mass is 324 g/mol. The van der Waals surface area contributed by atoms with Crippen molar-refractivity contribution in [2.24, 2.45) is 0 Å². The Kier molecular flexibility index (Phi) is 5.53. The van der Waals surface area contributed by atoms with E-state index in [4.69, 9.17) is 10.1 Å². The molecule has 122 valence electrons. The molecule has 0 fully saturated rings. The van der Waals surface area contributed by atoms with Crippen molar-refractivity contribution in [2.75, 3.05) is 14.2 Å². The first-order valence-corrected chi connectivity index (χ1v) is 7.29. The van der Waals surface area contributed by atoms with Crippen molar-refractivity contribution in [3.05, 3.63) is 82.2 Å².